The van der Waals surface area contributed by atoms with Crippen LogP contribution in [0.15, 0.2) is 18.2 Å². The highest BCUT2D eigenvalue weighted by atomic mass is 35.5. The maximum atomic E-state index is 13.7. The van der Waals surface area contributed by atoms with Crippen molar-refractivity contribution >= 4 is 29.9 Å². The van der Waals surface area contributed by atoms with Crippen molar-refractivity contribution in [1.29, 1.82) is 0 Å². The molecule has 0 spiro atoms. The zero-order chi connectivity index (χ0) is 13.3. The zero-order valence-corrected chi connectivity index (χ0v) is 12.2. The molecule has 1 aromatic carbocycles. The fraction of sp³-hybridized carbons (Fsp3) is 0.462. The molecule has 1 aliphatic heterocycles. The van der Waals surface area contributed by atoms with Gasteiger partial charge in [-0.2, -0.15) is 0 Å². The van der Waals surface area contributed by atoms with Crippen molar-refractivity contribution in [3.8, 4) is 0 Å². The van der Waals surface area contributed by atoms with Crippen LogP contribution in [0.1, 0.15) is 23.7 Å². The van der Waals surface area contributed by atoms with E-state index in [4.69, 9.17) is 17.3 Å². The molecule has 2 rings (SSSR count). The normalized spacial score (nSPS) is 20.0. The summed E-state index contributed by atoms with van der Waals surface area (Å²) in [5.41, 5.74) is 5.89. The molecule has 2 unspecified atom stereocenters. The lowest BCUT2D eigenvalue weighted by molar-refractivity contribution is 0.0781. The number of nitrogens with two attached hydrogens (primary N) is 1. The Morgan fingerprint density at radius 2 is 2.26 bits per heavy atom. The number of benzene rings is 1. The molecule has 0 bridgehead atoms. The molecule has 2 atom stereocenters. The fourth-order valence-corrected chi connectivity index (χ4v) is 2.39. The van der Waals surface area contributed by atoms with E-state index >= 15 is 0 Å². The summed E-state index contributed by atoms with van der Waals surface area (Å²) in [6.45, 7) is 3.16. The molecule has 2 N–H and O–H groups in total. The molecule has 3 nitrogen and oxygen atoms in total. The number of hydrogen-bond donors (Lipinski definition) is 1. The first-order chi connectivity index (χ1) is 8.49. The largest absolute Gasteiger partial charge is 0.338 e. The lowest BCUT2D eigenvalue weighted by atomic mass is 10.0. The number of nitrogens with zero attached hydrogens (tertiary/aromatic N) is 1. The first kappa shape index (κ1) is 16.2. The van der Waals surface area contributed by atoms with E-state index in [1.54, 1.807) is 4.90 Å². The summed E-state index contributed by atoms with van der Waals surface area (Å²) in [5.74, 6) is -0.562. The highest BCUT2D eigenvalue weighted by Crippen LogP contribution is 2.22. The molecule has 1 heterocycles. The summed E-state index contributed by atoms with van der Waals surface area (Å²) in [5, 5.41) is 0.291. The van der Waals surface area contributed by atoms with Crippen LogP contribution in [0.2, 0.25) is 5.02 Å². The van der Waals surface area contributed by atoms with Gasteiger partial charge in [0.25, 0.3) is 5.91 Å². The van der Waals surface area contributed by atoms with Gasteiger partial charge in [-0.1, -0.05) is 11.6 Å². The van der Waals surface area contributed by atoms with Gasteiger partial charge in [-0.3, -0.25) is 4.79 Å². The summed E-state index contributed by atoms with van der Waals surface area (Å²) in [4.78, 5) is 13.8. The Balaban J connectivity index is 0.00000180. The van der Waals surface area contributed by atoms with E-state index in [1.807, 2.05) is 6.92 Å². The Kier molecular flexibility index (Phi) is 5.59. The molecule has 1 aliphatic rings. The Morgan fingerprint density at radius 1 is 1.58 bits per heavy atom. The minimum atomic E-state index is -0.572. The number of halogens is 3. The van der Waals surface area contributed by atoms with Gasteiger partial charge in [0.2, 0.25) is 0 Å². The van der Waals surface area contributed by atoms with Crippen molar-refractivity contribution in [2.24, 2.45) is 11.7 Å². The predicted molar refractivity (Wildman–Crippen MR) is 76.3 cm³/mol. The van der Waals surface area contributed by atoms with Crippen molar-refractivity contribution in [2.75, 3.05) is 13.1 Å². The standard InChI is InChI=1S/C13H16ClFN2O.ClH/c1-8(16)9-4-5-17(7-9)13(18)11-3-2-10(14)6-12(11)15;/h2-3,6,8-9H,4-5,7,16H2,1H3;1H. The molecule has 1 aromatic rings. The molecule has 19 heavy (non-hydrogen) atoms. The van der Waals surface area contributed by atoms with E-state index in [2.05, 4.69) is 0 Å². The van der Waals surface area contributed by atoms with Crippen LogP contribution >= 0.6 is 24.0 Å². The van der Waals surface area contributed by atoms with Gasteiger partial charge in [0.15, 0.2) is 0 Å². The third-order valence-electron chi connectivity index (χ3n) is 3.42. The second kappa shape index (κ2) is 6.55. The number of hydrogen-bond acceptors (Lipinski definition) is 2. The first-order valence-electron chi connectivity index (χ1n) is 5.99. The zero-order valence-electron chi connectivity index (χ0n) is 10.6. The molecule has 6 heteroatoms. The number of amides is 1. The number of carbonyl (C=O) groups excluding carboxylic acids is 1. The van der Waals surface area contributed by atoms with Gasteiger partial charge in [-0.25, -0.2) is 4.39 Å². The summed E-state index contributed by atoms with van der Waals surface area (Å²) in [6.07, 6.45) is 0.874. The molecular formula is C13H17Cl2FN2O. The second-order valence-corrected chi connectivity index (χ2v) is 5.22. The fourth-order valence-electron chi connectivity index (χ4n) is 2.23. The van der Waals surface area contributed by atoms with E-state index < -0.39 is 5.82 Å². The van der Waals surface area contributed by atoms with Gasteiger partial charge in [-0.15, -0.1) is 12.4 Å². The van der Waals surface area contributed by atoms with E-state index in [1.165, 1.54) is 12.1 Å². The van der Waals surface area contributed by atoms with Crippen molar-refractivity contribution in [3.63, 3.8) is 0 Å². The maximum Gasteiger partial charge on any atom is 0.256 e. The molecule has 1 amide bonds. The average molecular weight is 307 g/mol. The Bertz CT molecular complexity index is 468. The Hall–Kier alpha value is -0.840. The van der Waals surface area contributed by atoms with Gasteiger partial charge in [0, 0.05) is 24.2 Å². The smallest absolute Gasteiger partial charge is 0.256 e. The molecule has 106 valence electrons. The molecular weight excluding hydrogens is 290 g/mol. The van der Waals surface area contributed by atoms with Gasteiger partial charge in [0.1, 0.15) is 5.82 Å². The second-order valence-electron chi connectivity index (χ2n) is 4.78. The van der Waals surface area contributed by atoms with Gasteiger partial charge >= 0.3 is 0 Å². The van der Waals surface area contributed by atoms with Crippen LogP contribution in [0.25, 0.3) is 0 Å². The molecule has 0 saturated carbocycles. The van der Waals surface area contributed by atoms with E-state index in [0.29, 0.717) is 24.0 Å². The first-order valence-corrected chi connectivity index (χ1v) is 6.36. The Labute approximate surface area is 123 Å². The Morgan fingerprint density at radius 3 is 2.79 bits per heavy atom. The average Bonchev–Trinajstić information content (AvgIpc) is 2.77. The molecule has 0 aliphatic carbocycles. The van der Waals surface area contributed by atoms with Crippen LogP contribution in [0.3, 0.4) is 0 Å². The van der Waals surface area contributed by atoms with Crippen LogP contribution in [0, 0.1) is 11.7 Å². The third kappa shape index (κ3) is 3.59. The summed E-state index contributed by atoms with van der Waals surface area (Å²) in [6, 6.07) is 4.17. The molecule has 1 fully saturated rings. The quantitative estimate of drug-likeness (QED) is 0.913. The predicted octanol–water partition coefficient (Wildman–Crippen LogP) is 2.71. The van der Waals surface area contributed by atoms with E-state index in [9.17, 15) is 9.18 Å². The van der Waals surface area contributed by atoms with Crippen LogP contribution in [-0.4, -0.2) is 29.9 Å². The third-order valence-corrected chi connectivity index (χ3v) is 3.65. The molecule has 0 radical (unpaired) electrons. The van der Waals surface area contributed by atoms with Crippen LogP contribution in [0.4, 0.5) is 4.39 Å². The van der Waals surface area contributed by atoms with Crippen LogP contribution in [0.5, 0.6) is 0 Å². The van der Waals surface area contributed by atoms with Crippen molar-refractivity contribution < 1.29 is 9.18 Å². The molecule has 0 aromatic heterocycles. The van der Waals surface area contributed by atoms with Gasteiger partial charge in [-0.05, 0) is 37.5 Å². The number of likely N-dealkylation sites (tertiary alicyclic amines) is 1. The van der Waals surface area contributed by atoms with Crippen molar-refractivity contribution in [2.45, 2.75) is 19.4 Å². The molecule has 1 saturated heterocycles. The van der Waals surface area contributed by atoms with Crippen molar-refractivity contribution in [3.05, 3.63) is 34.6 Å². The lowest BCUT2D eigenvalue weighted by Crippen LogP contribution is -2.33. The number of rotatable bonds is 2. The monoisotopic (exact) mass is 306 g/mol. The maximum absolute atomic E-state index is 13.7. The lowest BCUT2D eigenvalue weighted by Gasteiger charge is -2.18. The number of carbonyl (C=O) groups is 1. The minimum absolute atomic E-state index is 0. The van der Waals surface area contributed by atoms with E-state index in [-0.39, 0.29) is 29.9 Å². The van der Waals surface area contributed by atoms with Crippen LogP contribution in [-0.2, 0) is 0 Å². The summed E-state index contributed by atoms with van der Waals surface area (Å²) >= 11 is 5.66. The van der Waals surface area contributed by atoms with Gasteiger partial charge < -0.3 is 10.6 Å². The minimum Gasteiger partial charge on any atom is -0.338 e. The SMILES string of the molecule is CC(N)C1CCN(C(=O)c2ccc(Cl)cc2F)C1.Cl. The van der Waals surface area contributed by atoms with Crippen molar-refractivity contribution in [1.82, 2.24) is 4.90 Å². The highest BCUT2D eigenvalue weighted by Gasteiger charge is 2.29. The van der Waals surface area contributed by atoms with Gasteiger partial charge in [0.05, 0.1) is 5.56 Å². The highest BCUT2D eigenvalue weighted by molar-refractivity contribution is 6.30. The summed E-state index contributed by atoms with van der Waals surface area (Å²) < 4.78 is 13.7. The van der Waals surface area contributed by atoms with E-state index in [0.717, 1.165) is 12.5 Å². The summed E-state index contributed by atoms with van der Waals surface area (Å²) in [7, 11) is 0. The topological polar surface area (TPSA) is 46.3 Å². The van der Waals surface area contributed by atoms with Crippen LogP contribution < -0.4 is 5.73 Å².